The molecule has 4 aliphatic rings. The summed E-state index contributed by atoms with van der Waals surface area (Å²) in [6, 6.07) is 14.0. The zero-order chi connectivity index (χ0) is 40.6. The predicted molar refractivity (Wildman–Crippen MR) is 221 cm³/mol. The van der Waals surface area contributed by atoms with Gasteiger partial charge in [0.2, 0.25) is 0 Å². The molecule has 10 heteroatoms. The molecular formula is C48H68O10. The maximum Gasteiger partial charge on any atom is 0.342 e. The molecule has 320 valence electrons. The van der Waals surface area contributed by atoms with Crippen molar-refractivity contribution < 1.29 is 47.5 Å². The molecule has 0 spiro atoms. The number of carbonyl (C=O) groups is 3. The van der Waals surface area contributed by atoms with E-state index in [0.29, 0.717) is 11.8 Å². The Balaban J connectivity index is 0.940. The lowest BCUT2D eigenvalue weighted by molar-refractivity contribution is -0.150. The molecule has 2 aromatic rings. The summed E-state index contributed by atoms with van der Waals surface area (Å²) in [5.41, 5.74) is 1.36. The summed E-state index contributed by atoms with van der Waals surface area (Å²) in [4.78, 5) is 40.3. The molecule has 2 saturated carbocycles. The summed E-state index contributed by atoms with van der Waals surface area (Å²) < 4.78 is 40.2. The second-order valence-electron chi connectivity index (χ2n) is 17.8. The number of benzene rings is 2. The molecule has 2 aliphatic heterocycles. The standard InChI is InChI=1S/C48H68O10/c1-3-47(32-54-33-47)30-52-26-10-8-12-36-16-20-39(21-17-36)44(49)57-41-24-25-43(42(28-41)46(51)56-29-38-14-6-5-7-15-38)58-45(50)40-22-18-37(19-23-40)13-9-11-27-53-31-48(4-2)34-55-35-48/h5-7,14-15,24-25,28,36-37,39-40H,3-4,8-13,16-23,26-27,29-35H2,1-2H3. The van der Waals surface area contributed by atoms with Crippen LogP contribution in [0.2, 0.25) is 0 Å². The molecule has 0 aromatic heterocycles. The molecule has 4 fully saturated rings. The van der Waals surface area contributed by atoms with Crippen molar-refractivity contribution in [2.45, 2.75) is 123 Å². The number of carbonyl (C=O) groups excluding carboxylic acids is 3. The van der Waals surface area contributed by atoms with Gasteiger partial charge in [-0.05, 0) is 113 Å². The fourth-order valence-corrected chi connectivity index (χ4v) is 8.80. The summed E-state index contributed by atoms with van der Waals surface area (Å²) >= 11 is 0. The van der Waals surface area contributed by atoms with Crippen LogP contribution in [0.3, 0.4) is 0 Å². The van der Waals surface area contributed by atoms with Gasteiger partial charge in [-0.1, -0.05) is 69.9 Å². The highest BCUT2D eigenvalue weighted by Gasteiger charge is 2.38. The van der Waals surface area contributed by atoms with Crippen molar-refractivity contribution in [1.29, 1.82) is 0 Å². The number of hydrogen-bond acceptors (Lipinski definition) is 10. The summed E-state index contributed by atoms with van der Waals surface area (Å²) in [5, 5.41) is 0. The molecule has 58 heavy (non-hydrogen) atoms. The predicted octanol–water partition coefficient (Wildman–Crippen LogP) is 9.69. The number of unbranched alkanes of at least 4 members (excludes halogenated alkanes) is 2. The van der Waals surface area contributed by atoms with E-state index in [2.05, 4.69) is 13.8 Å². The Morgan fingerprint density at radius 3 is 1.64 bits per heavy atom. The van der Waals surface area contributed by atoms with Crippen LogP contribution in [0, 0.1) is 34.5 Å². The topological polar surface area (TPSA) is 116 Å². The lowest BCUT2D eigenvalue weighted by Gasteiger charge is -2.40. The summed E-state index contributed by atoms with van der Waals surface area (Å²) in [5.74, 6) is -0.127. The van der Waals surface area contributed by atoms with Gasteiger partial charge >= 0.3 is 17.9 Å². The lowest BCUT2D eigenvalue weighted by atomic mass is 9.80. The number of hydrogen-bond donors (Lipinski definition) is 0. The molecule has 10 nitrogen and oxygen atoms in total. The molecule has 2 aliphatic carbocycles. The first kappa shape index (κ1) is 44.2. The summed E-state index contributed by atoms with van der Waals surface area (Å²) in [7, 11) is 0. The first-order chi connectivity index (χ1) is 28.3. The monoisotopic (exact) mass is 804 g/mol. The third kappa shape index (κ3) is 12.8. The summed E-state index contributed by atoms with van der Waals surface area (Å²) in [6.07, 6.45) is 15.9. The summed E-state index contributed by atoms with van der Waals surface area (Å²) in [6.45, 7) is 10.9. The van der Waals surface area contributed by atoms with E-state index in [4.69, 9.17) is 33.2 Å². The smallest absolute Gasteiger partial charge is 0.342 e. The molecule has 0 atom stereocenters. The number of rotatable bonds is 23. The minimum Gasteiger partial charge on any atom is -0.457 e. The molecule has 2 saturated heterocycles. The van der Waals surface area contributed by atoms with Crippen molar-refractivity contribution in [1.82, 2.24) is 0 Å². The van der Waals surface area contributed by atoms with Gasteiger partial charge in [0.1, 0.15) is 23.7 Å². The Hall–Kier alpha value is -3.31. The lowest BCUT2D eigenvalue weighted by Crippen LogP contribution is -2.45. The Morgan fingerprint density at radius 2 is 1.16 bits per heavy atom. The highest BCUT2D eigenvalue weighted by atomic mass is 16.6. The van der Waals surface area contributed by atoms with E-state index in [1.807, 2.05) is 30.3 Å². The minimum absolute atomic E-state index is 0.0624. The van der Waals surface area contributed by atoms with Gasteiger partial charge in [0, 0.05) is 24.0 Å². The molecule has 6 rings (SSSR count). The van der Waals surface area contributed by atoms with Crippen LogP contribution in [0.25, 0.3) is 0 Å². The van der Waals surface area contributed by atoms with Crippen LogP contribution in [0.1, 0.15) is 133 Å². The average molecular weight is 805 g/mol. The molecule has 0 radical (unpaired) electrons. The fourth-order valence-electron chi connectivity index (χ4n) is 8.80. The fraction of sp³-hybridized carbons (Fsp3) is 0.688. The maximum absolute atomic E-state index is 13.5. The Labute approximate surface area is 346 Å². The van der Waals surface area contributed by atoms with E-state index in [9.17, 15) is 14.4 Å². The molecule has 0 unspecified atom stereocenters. The van der Waals surface area contributed by atoms with Crippen LogP contribution >= 0.6 is 0 Å². The van der Waals surface area contributed by atoms with E-state index in [1.165, 1.54) is 6.07 Å². The number of ether oxygens (including phenoxy) is 7. The van der Waals surface area contributed by atoms with E-state index < -0.39 is 5.97 Å². The Morgan fingerprint density at radius 1 is 0.638 bits per heavy atom. The van der Waals surface area contributed by atoms with Crippen molar-refractivity contribution in [3.8, 4) is 11.5 Å². The van der Waals surface area contributed by atoms with Gasteiger partial charge in [0.05, 0.1) is 51.5 Å². The number of esters is 3. The quantitative estimate of drug-likeness (QED) is 0.0611. The maximum atomic E-state index is 13.5. The first-order valence-corrected chi connectivity index (χ1v) is 22.4. The highest BCUT2D eigenvalue weighted by Crippen LogP contribution is 2.37. The van der Waals surface area contributed by atoms with Crippen LogP contribution in [-0.2, 0) is 39.9 Å². The van der Waals surface area contributed by atoms with Crippen LogP contribution in [0.4, 0.5) is 0 Å². The molecular weight excluding hydrogens is 737 g/mol. The van der Waals surface area contributed by atoms with Gasteiger partial charge in [-0.15, -0.1) is 0 Å². The van der Waals surface area contributed by atoms with Gasteiger partial charge in [0.25, 0.3) is 0 Å². The van der Waals surface area contributed by atoms with E-state index in [-0.39, 0.29) is 58.3 Å². The molecule has 0 N–H and O–H groups in total. The highest BCUT2D eigenvalue weighted by molar-refractivity contribution is 5.94. The average Bonchev–Trinajstić information content (AvgIpc) is 3.22. The molecule has 2 aromatic carbocycles. The van der Waals surface area contributed by atoms with Crippen LogP contribution in [-0.4, -0.2) is 70.8 Å². The van der Waals surface area contributed by atoms with Gasteiger partial charge < -0.3 is 33.2 Å². The van der Waals surface area contributed by atoms with Crippen LogP contribution in [0.5, 0.6) is 11.5 Å². The van der Waals surface area contributed by atoms with E-state index >= 15 is 0 Å². The van der Waals surface area contributed by atoms with Crippen molar-refractivity contribution in [2.24, 2.45) is 34.5 Å². The van der Waals surface area contributed by atoms with Crippen LogP contribution in [0.15, 0.2) is 48.5 Å². The van der Waals surface area contributed by atoms with Crippen molar-refractivity contribution in [3.05, 3.63) is 59.7 Å². The van der Waals surface area contributed by atoms with Gasteiger partial charge in [0.15, 0.2) is 0 Å². The third-order valence-corrected chi connectivity index (χ3v) is 13.4. The zero-order valence-corrected chi connectivity index (χ0v) is 35.2. The molecule has 0 bridgehead atoms. The SMILES string of the molecule is CCC1(COCCCCC2CCC(C(=O)Oc3ccc(OC(=O)C4CCC(CCCCOCC5(CC)COC5)CC4)c(C(=O)OCc4ccccc4)c3)CC2)COC1. The van der Waals surface area contributed by atoms with Crippen molar-refractivity contribution in [2.75, 3.05) is 52.9 Å². The van der Waals surface area contributed by atoms with Gasteiger partial charge in [-0.25, -0.2) is 4.79 Å². The second-order valence-corrected chi connectivity index (χ2v) is 17.8. The van der Waals surface area contributed by atoms with E-state index in [0.717, 1.165) is 161 Å². The minimum atomic E-state index is -0.643. The molecule has 0 amide bonds. The largest absolute Gasteiger partial charge is 0.457 e. The zero-order valence-electron chi connectivity index (χ0n) is 35.2. The van der Waals surface area contributed by atoms with E-state index in [1.54, 1.807) is 12.1 Å². The van der Waals surface area contributed by atoms with Crippen LogP contribution < -0.4 is 9.47 Å². The van der Waals surface area contributed by atoms with Gasteiger partial charge in [-0.2, -0.15) is 0 Å². The second kappa shape index (κ2) is 22.3. The van der Waals surface area contributed by atoms with Gasteiger partial charge in [-0.3, -0.25) is 9.59 Å². The normalized spacial score (nSPS) is 23.6. The van der Waals surface area contributed by atoms with Crippen molar-refractivity contribution >= 4 is 17.9 Å². The molecule has 2 heterocycles. The first-order valence-electron chi connectivity index (χ1n) is 22.4. The third-order valence-electron chi connectivity index (χ3n) is 13.4. The Kier molecular flexibility index (Phi) is 17.0. The van der Waals surface area contributed by atoms with Crippen molar-refractivity contribution in [3.63, 3.8) is 0 Å². The Bertz CT molecular complexity index is 1560.